The predicted octanol–water partition coefficient (Wildman–Crippen LogP) is 3.66. The first kappa shape index (κ1) is 15.2. The molecule has 2 aliphatic rings. The second-order valence-electron chi connectivity index (χ2n) is 6.08. The van der Waals surface area contributed by atoms with Gasteiger partial charge < -0.3 is 14.2 Å². The van der Waals surface area contributed by atoms with Gasteiger partial charge in [-0.3, -0.25) is 4.79 Å². The van der Waals surface area contributed by atoms with Gasteiger partial charge in [0.2, 0.25) is 0 Å². The molecule has 0 aromatic heterocycles. The summed E-state index contributed by atoms with van der Waals surface area (Å²) in [7, 11) is 0. The smallest absolute Gasteiger partial charge is 0.306 e. The number of esters is 1. The minimum Gasteiger partial charge on any atom is -0.490 e. The quantitative estimate of drug-likeness (QED) is 0.796. The van der Waals surface area contributed by atoms with Crippen LogP contribution in [-0.2, 0) is 16.0 Å². The summed E-state index contributed by atoms with van der Waals surface area (Å²) in [5.41, 5.74) is 1.09. The van der Waals surface area contributed by atoms with Crippen LogP contribution in [0.5, 0.6) is 11.5 Å². The van der Waals surface area contributed by atoms with Gasteiger partial charge in [0.25, 0.3) is 0 Å². The third-order valence-electron chi connectivity index (χ3n) is 4.28. The normalized spacial score (nSPS) is 18.5. The molecule has 1 aromatic carbocycles. The fourth-order valence-corrected chi connectivity index (χ4v) is 3.04. The van der Waals surface area contributed by atoms with E-state index in [4.69, 9.17) is 14.2 Å². The topological polar surface area (TPSA) is 44.8 Å². The number of fused-ring (bicyclic) bond motifs is 1. The van der Waals surface area contributed by atoms with Gasteiger partial charge >= 0.3 is 5.97 Å². The van der Waals surface area contributed by atoms with Crippen LogP contribution in [0.1, 0.15) is 50.5 Å². The van der Waals surface area contributed by atoms with Crippen LogP contribution >= 0.6 is 0 Å². The molecule has 22 heavy (non-hydrogen) atoms. The van der Waals surface area contributed by atoms with E-state index in [0.29, 0.717) is 26.1 Å². The van der Waals surface area contributed by atoms with Crippen molar-refractivity contribution in [3.63, 3.8) is 0 Å². The Labute approximate surface area is 131 Å². The van der Waals surface area contributed by atoms with Crippen LogP contribution in [0, 0.1) is 0 Å². The van der Waals surface area contributed by atoms with E-state index >= 15 is 0 Å². The molecule has 1 aliphatic carbocycles. The number of rotatable bonds is 4. The molecule has 1 fully saturated rings. The molecule has 4 nitrogen and oxygen atoms in total. The number of benzene rings is 1. The van der Waals surface area contributed by atoms with Crippen molar-refractivity contribution in [1.29, 1.82) is 0 Å². The third-order valence-corrected chi connectivity index (χ3v) is 4.28. The Hall–Kier alpha value is -1.71. The molecule has 0 amide bonds. The van der Waals surface area contributed by atoms with Gasteiger partial charge in [0.05, 0.1) is 13.2 Å². The first-order valence-electron chi connectivity index (χ1n) is 8.39. The highest BCUT2D eigenvalue weighted by atomic mass is 16.5. The Morgan fingerprint density at radius 1 is 1.05 bits per heavy atom. The van der Waals surface area contributed by atoms with Gasteiger partial charge in [0.1, 0.15) is 6.10 Å². The molecule has 0 atom stereocenters. The number of hydrogen-bond acceptors (Lipinski definition) is 4. The van der Waals surface area contributed by atoms with Crippen LogP contribution in [0.2, 0.25) is 0 Å². The highest BCUT2D eigenvalue weighted by molar-refractivity contribution is 5.70. The zero-order valence-corrected chi connectivity index (χ0v) is 13.0. The lowest BCUT2D eigenvalue weighted by Crippen LogP contribution is -2.21. The van der Waals surface area contributed by atoms with Gasteiger partial charge in [-0.05, 0) is 49.8 Å². The van der Waals surface area contributed by atoms with Crippen molar-refractivity contribution in [2.45, 2.75) is 57.5 Å². The standard InChI is InChI=1S/C18H24O4/c19-18(22-15-5-2-1-3-6-15)10-8-14-7-9-16-17(13-14)21-12-4-11-20-16/h7,9,13,15H,1-6,8,10-12H2. The van der Waals surface area contributed by atoms with Crippen molar-refractivity contribution in [3.05, 3.63) is 23.8 Å². The van der Waals surface area contributed by atoms with E-state index in [-0.39, 0.29) is 12.1 Å². The van der Waals surface area contributed by atoms with E-state index in [2.05, 4.69) is 0 Å². The van der Waals surface area contributed by atoms with Crippen LogP contribution < -0.4 is 9.47 Å². The number of ether oxygens (including phenoxy) is 3. The van der Waals surface area contributed by atoms with E-state index in [0.717, 1.165) is 36.3 Å². The summed E-state index contributed by atoms with van der Waals surface area (Å²) in [6.07, 6.45) is 7.83. The maximum absolute atomic E-state index is 12.0. The van der Waals surface area contributed by atoms with E-state index in [9.17, 15) is 4.79 Å². The molecule has 1 aromatic rings. The summed E-state index contributed by atoms with van der Waals surface area (Å²) in [5, 5.41) is 0. The van der Waals surface area contributed by atoms with Crippen LogP contribution in [0.25, 0.3) is 0 Å². The van der Waals surface area contributed by atoms with E-state index in [1.54, 1.807) is 0 Å². The second kappa shape index (κ2) is 7.52. The lowest BCUT2D eigenvalue weighted by Gasteiger charge is -2.21. The van der Waals surface area contributed by atoms with Crippen molar-refractivity contribution in [3.8, 4) is 11.5 Å². The van der Waals surface area contributed by atoms with Crippen molar-refractivity contribution < 1.29 is 19.0 Å². The van der Waals surface area contributed by atoms with Crippen LogP contribution in [0.3, 0.4) is 0 Å². The summed E-state index contributed by atoms with van der Waals surface area (Å²) in [5.74, 6) is 1.50. The highest BCUT2D eigenvalue weighted by Gasteiger charge is 2.18. The lowest BCUT2D eigenvalue weighted by atomic mass is 9.98. The number of aryl methyl sites for hydroxylation is 1. The minimum absolute atomic E-state index is 0.0842. The maximum atomic E-state index is 12.0. The molecule has 3 rings (SSSR count). The van der Waals surface area contributed by atoms with Gasteiger partial charge in [0.15, 0.2) is 11.5 Å². The van der Waals surface area contributed by atoms with E-state index < -0.39 is 0 Å². The maximum Gasteiger partial charge on any atom is 0.306 e. The molecule has 1 saturated carbocycles. The summed E-state index contributed by atoms with van der Waals surface area (Å²) < 4.78 is 16.8. The molecule has 0 spiro atoms. The molecule has 0 N–H and O–H groups in total. The molecule has 0 unspecified atom stereocenters. The molecule has 4 heteroatoms. The SMILES string of the molecule is O=C(CCc1ccc2c(c1)OCCCO2)OC1CCCCC1. The zero-order chi connectivity index (χ0) is 15.2. The Bertz CT molecular complexity index is 506. The monoisotopic (exact) mass is 304 g/mol. The number of carbonyl (C=O) groups excluding carboxylic acids is 1. The molecule has 0 saturated heterocycles. The fourth-order valence-electron chi connectivity index (χ4n) is 3.04. The fraction of sp³-hybridized carbons (Fsp3) is 0.611. The Morgan fingerprint density at radius 2 is 1.82 bits per heavy atom. The molecular formula is C18H24O4. The molecule has 1 heterocycles. The average molecular weight is 304 g/mol. The highest BCUT2D eigenvalue weighted by Crippen LogP contribution is 2.30. The van der Waals surface area contributed by atoms with Crippen LogP contribution in [-0.4, -0.2) is 25.3 Å². The molecular weight excluding hydrogens is 280 g/mol. The molecule has 0 radical (unpaired) electrons. The van der Waals surface area contributed by atoms with Gasteiger partial charge in [-0.25, -0.2) is 0 Å². The van der Waals surface area contributed by atoms with Gasteiger partial charge in [-0.15, -0.1) is 0 Å². The first-order valence-corrected chi connectivity index (χ1v) is 8.39. The summed E-state index contributed by atoms with van der Waals surface area (Å²) in [6, 6.07) is 5.92. The summed E-state index contributed by atoms with van der Waals surface area (Å²) >= 11 is 0. The number of hydrogen-bond donors (Lipinski definition) is 0. The van der Waals surface area contributed by atoms with Crippen LogP contribution in [0.15, 0.2) is 18.2 Å². The Kier molecular flexibility index (Phi) is 5.20. The van der Waals surface area contributed by atoms with Gasteiger partial charge in [-0.2, -0.15) is 0 Å². The molecule has 1 aliphatic heterocycles. The van der Waals surface area contributed by atoms with E-state index in [1.807, 2.05) is 18.2 Å². The Balaban J connectivity index is 1.50. The van der Waals surface area contributed by atoms with Crippen molar-refractivity contribution >= 4 is 5.97 Å². The summed E-state index contributed by atoms with van der Waals surface area (Å²) in [6.45, 7) is 1.38. The van der Waals surface area contributed by atoms with Crippen molar-refractivity contribution in [1.82, 2.24) is 0 Å². The third kappa shape index (κ3) is 4.15. The molecule has 120 valence electrons. The second-order valence-corrected chi connectivity index (χ2v) is 6.08. The van der Waals surface area contributed by atoms with Gasteiger partial charge in [0, 0.05) is 12.8 Å². The van der Waals surface area contributed by atoms with Crippen molar-refractivity contribution in [2.24, 2.45) is 0 Å². The average Bonchev–Trinajstić information content (AvgIpc) is 2.78. The number of carbonyl (C=O) groups is 1. The Morgan fingerprint density at radius 3 is 2.64 bits per heavy atom. The van der Waals surface area contributed by atoms with Crippen molar-refractivity contribution in [2.75, 3.05) is 13.2 Å². The van der Waals surface area contributed by atoms with Crippen LogP contribution in [0.4, 0.5) is 0 Å². The van der Waals surface area contributed by atoms with E-state index in [1.165, 1.54) is 19.3 Å². The zero-order valence-electron chi connectivity index (χ0n) is 13.0. The minimum atomic E-state index is -0.0842. The first-order chi connectivity index (χ1) is 10.8. The largest absolute Gasteiger partial charge is 0.490 e. The van der Waals surface area contributed by atoms with Gasteiger partial charge in [-0.1, -0.05) is 12.5 Å². The molecule has 0 bridgehead atoms. The summed E-state index contributed by atoms with van der Waals surface area (Å²) in [4.78, 5) is 12.0. The lowest BCUT2D eigenvalue weighted by molar-refractivity contribution is -0.150. The predicted molar refractivity (Wildman–Crippen MR) is 83.3 cm³/mol.